The number of carbonyl (C=O) groups excluding carboxylic acids is 2. The van der Waals surface area contributed by atoms with Crippen molar-refractivity contribution in [2.24, 2.45) is 0 Å². The lowest BCUT2D eigenvalue weighted by atomic mass is 10.0. The molecular formula is C23H23N3O3. The molecule has 1 amide bonds. The molecule has 0 bridgehead atoms. The number of hydrogen-bond acceptors (Lipinski definition) is 4. The molecule has 0 aliphatic carbocycles. The van der Waals surface area contributed by atoms with Crippen molar-refractivity contribution < 1.29 is 14.3 Å². The van der Waals surface area contributed by atoms with Gasteiger partial charge in [-0.05, 0) is 11.1 Å². The Morgan fingerprint density at radius 2 is 1.69 bits per heavy atom. The van der Waals surface area contributed by atoms with Crippen LogP contribution in [-0.4, -0.2) is 39.5 Å². The van der Waals surface area contributed by atoms with Gasteiger partial charge in [-0.3, -0.25) is 4.79 Å². The molecule has 1 atom stereocenters. The first-order valence-electron chi connectivity index (χ1n) is 9.63. The topological polar surface area (TPSA) is 64.4 Å². The molecule has 2 heterocycles. The molecule has 0 radical (unpaired) electrons. The van der Waals surface area contributed by atoms with Crippen LogP contribution >= 0.6 is 0 Å². The van der Waals surface area contributed by atoms with Crippen molar-refractivity contribution in [1.29, 1.82) is 0 Å². The van der Waals surface area contributed by atoms with Crippen LogP contribution in [0.15, 0.2) is 67.0 Å². The maximum Gasteiger partial charge on any atom is 0.328 e. The number of amides is 1. The number of ether oxygens (including phenoxy) is 1. The third kappa shape index (κ3) is 4.06. The third-order valence-electron chi connectivity index (χ3n) is 5.30. The van der Waals surface area contributed by atoms with Crippen LogP contribution in [0.4, 0.5) is 0 Å². The van der Waals surface area contributed by atoms with E-state index in [-0.39, 0.29) is 12.3 Å². The Morgan fingerprint density at radius 3 is 2.34 bits per heavy atom. The van der Waals surface area contributed by atoms with E-state index in [2.05, 4.69) is 21.7 Å². The second kappa shape index (κ2) is 8.31. The second-order valence-corrected chi connectivity index (χ2v) is 7.18. The Balaban J connectivity index is 1.59. The van der Waals surface area contributed by atoms with Crippen molar-refractivity contribution in [3.63, 3.8) is 0 Å². The van der Waals surface area contributed by atoms with Gasteiger partial charge in [-0.25, -0.2) is 9.78 Å². The maximum atomic E-state index is 13.0. The molecule has 3 aromatic rings. The minimum Gasteiger partial charge on any atom is -0.467 e. The highest BCUT2D eigenvalue weighted by molar-refractivity contribution is 5.86. The first-order valence-corrected chi connectivity index (χ1v) is 9.63. The monoisotopic (exact) mass is 389 g/mol. The number of carbonyl (C=O) groups is 2. The van der Waals surface area contributed by atoms with Gasteiger partial charge in [-0.15, -0.1) is 0 Å². The van der Waals surface area contributed by atoms with E-state index in [4.69, 9.17) is 4.74 Å². The van der Waals surface area contributed by atoms with Gasteiger partial charge in [0.15, 0.2) is 0 Å². The average molecular weight is 389 g/mol. The number of aromatic nitrogens is 2. The number of rotatable bonds is 5. The predicted molar refractivity (Wildman–Crippen MR) is 108 cm³/mol. The molecule has 148 valence electrons. The van der Waals surface area contributed by atoms with Crippen LogP contribution in [0.1, 0.15) is 22.5 Å². The van der Waals surface area contributed by atoms with Gasteiger partial charge in [0.1, 0.15) is 6.04 Å². The Labute approximate surface area is 169 Å². The largest absolute Gasteiger partial charge is 0.467 e. The molecule has 0 N–H and O–H groups in total. The van der Waals surface area contributed by atoms with Gasteiger partial charge < -0.3 is 14.2 Å². The van der Waals surface area contributed by atoms with Crippen molar-refractivity contribution in [2.45, 2.75) is 32.0 Å². The van der Waals surface area contributed by atoms with E-state index in [9.17, 15) is 9.59 Å². The summed E-state index contributed by atoms with van der Waals surface area (Å²) in [5.74, 6) is -0.501. The third-order valence-corrected chi connectivity index (χ3v) is 5.30. The highest BCUT2D eigenvalue weighted by Gasteiger charge is 2.37. The normalized spacial score (nSPS) is 15.6. The highest BCUT2D eigenvalue weighted by Crippen LogP contribution is 2.25. The summed E-state index contributed by atoms with van der Waals surface area (Å²) in [5.41, 5.74) is 3.89. The summed E-state index contributed by atoms with van der Waals surface area (Å²) in [4.78, 5) is 31.6. The molecule has 1 aliphatic heterocycles. The van der Waals surface area contributed by atoms with Crippen molar-refractivity contribution in [3.05, 3.63) is 89.5 Å². The number of nitrogens with zero attached hydrogens (tertiary/aromatic N) is 3. The lowest BCUT2D eigenvalue weighted by Gasteiger charge is -2.34. The summed E-state index contributed by atoms with van der Waals surface area (Å²) in [6.45, 7) is 0.984. The molecule has 0 fully saturated rings. The summed E-state index contributed by atoms with van der Waals surface area (Å²) >= 11 is 0. The van der Waals surface area contributed by atoms with Gasteiger partial charge in [0.05, 0.1) is 32.1 Å². The van der Waals surface area contributed by atoms with Crippen molar-refractivity contribution >= 4 is 11.9 Å². The van der Waals surface area contributed by atoms with E-state index >= 15 is 0 Å². The van der Waals surface area contributed by atoms with E-state index in [1.54, 1.807) is 11.2 Å². The van der Waals surface area contributed by atoms with E-state index in [0.29, 0.717) is 19.5 Å². The minimum atomic E-state index is -0.644. The lowest BCUT2D eigenvalue weighted by Crippen LogP contribution is -2.50. The molecule has 0 saturated carbocycles. The molecule has 1 aromatic heterocycles. The molecule has 2 aromatic carbocycles. The zero-order chi connectivity index (χ0) is 20.2. The molecule has 0 spiro atoms. The number of hydrogen-bond donors (Lipinski definition) is 0. The second-order valence-electron chi connectivity index (χ2n) is 7.18. The maximum absolute atomic E-state index is 13.0. The zero-order valence-corrected chi connectivity index (χ0v) is 16.3. The van der Waals surface area contributed by atoms with Gasteiger partial charge in [-0.2, -0.15) is 0 Å². The van der Waals surface area contributed by atoms with Crippen molar-refractivity contribution in [3.8, 4) is 0 Å². The van der Waals surface area contributed by atoms with Crippen LogP contribution in [0.25, 0.3) is 0 Å². The smallest absolute Gasteiger partial charge is 0.328 e. The fraction of sp³-hybridized carbons (Fsp3) is 0.261. The van der Waals surface area contributed by atoms with Gasteiger partial charge in [0.2, 0.25) is 5.91 Å². The van der Waals surface area contributed by atoms with Crippen LogP contribution in [0.2, 0.25) is 0 Å². The van der Waals surface area contributed by atoms with Crippen molar-refractivity contribution in [1.82, 2.24) is 14.5 Å². The Bertz CT molecular complexity index is 999. The molecule has 6 heteroatoms. The van der Waals surface area contributed by atoms with Crippen LogP contribution in [0, 0.1) is 0 Å². The average Bonchev–Trinajstić information content (AvgIpc) is 3.15. The number of benzene rings is 2. The molecule has 29 heavy (non-hydrogen) atoms. The predicted octanol–water partition coefficient (Wildman–Crippen LogP) is 2.60. The lowest BCUT2D eigenvalue weighted by molar-refractivity contribution is -0.153. The summed E-state index contributed by atoms with van der Waals surface area (Å²) in [5, 5.41) is 0. The van der Waals surface area contributed by atoms with Crippen LogP contribution < -0.4 is 0 Å². The fourth-order valence-electron chi connectivity index (χ4n) is 3.78. The Hall–Kier alpha value is -3.41. The number of esters is 1. The quantitative estimate of drug-likeness (QED) is 0.629. The van der Waals surface area contributed by atoms with E-state index in [1.165, 1.54) is 7.11 Å². The van der Waals surface area contributed by atoms with E-state index in [0.717, 1.165) is 22.5 Å². The van der Waals surface area contributed by atoms with Crippen LogP contribution in [0.5, 0.6) is 0 Å². The summed E-state index contributed by atoms with van der Waals surface area (Å²) in [6.07, 6.45) is 2.43. The molecule has 1 unspecified atom stereocenters. The van der Waals surface area contributed by atoms with Gasteiger partial charge in [0, 0.05) is 18.7 Å². The van der Waals surface area contributed by atoms with Crippen LogP contribution in [0.3, 0.4) is 0 Å². The van der Waals surface area contributed by atoms with E-state index < -0.39 is 12.0 Å². The molecule has 6 nitrogen and oxygen atoms in total. The van der Waals surface area contributed by atoms with Crippen LogP contribution in [-0.2, 0) is 40.3 Å². The SMILES string of the molecule is COC(=O)C1Cc2c(ncn2Cc2ccccc2)CN1C(=O)Cc1ccccc1. The zero-order valence-electron chi connectivity index (χ0n) is 16.3. The number of imidazole rings is 1. The fourth-order valence-corrected chi connectivity index (χ4v) is 3.78. The summed E-state index contributed by atoms with van der Waals surface area (Å²) in [7, 11) is 1.36. The first-order chi connectivity index (χ1) is 14.2. The van der Waals surface area contributed by atoms with E-state index in [1.807, 2.05) is 48.5 Å². The van der Waals surface area contributed by atoms with Gasteiger partial charge >= 0.3 is 5.97 Å². The summed E-state index contributed by atoms with van der Waals surface area (Å²) < 4.78 is 7.06. The number of fused-ring (bicyclic) bond motifs is 1. The highest BCUT2D eigenvalue weighted by atomic mass is 16.5. The molecule has 0 saturated heterocycles. The van der Waals surface area contributed by atoms with Gasteiger partial charge in [-0.1, -0.05) is 60.7 Å². The Morgan fingerprint density at radius 1 is 1.03 bits per heavy atom. The van der Waals surface area contributed by atoms with Crippen molar-refractivity contribution in [2.75, 3.05) is 7.11 Å². The molecule has 1 aliphatic rings. The first kappa shape index (κ1) is 18.9. The number of methoxy groups -OCH3 is 1. The van der Waals surface area contributed by atoms with Gasteiger partial charge in [0.25, 0.3) is 0 Å². The molecular weight excluding hydrogens is 366 g/mol. The molecule has 4 rings (SSSR count). The standard InChI is InChI=1S/C23H23N3O3/c1-29-23(28)21-13-20-19(24-16-25(20)14-18-10-6-3-7-11-18)15-26(21)22(27)12-17-8-4-2-5-9-17/h2-11,16,21H,12-15H2,1H3. The minimum absolute atomic E-state index is 0.102. The summed E-state index contributed by atoms with van der Waals surface area (Å²) in [6, 6.07) is 19.0. The Kier molecular flexibility index (Phi) is 5.42.